The highest BCUT2D eigenvalue weighted by Gasteiger charge is 2.34. The van der Waals surface area contributed by atoms with Crippen molar-refractivity contribution in [1.82, 2.24) is 0 Å². The van der Waals surface area contributed by atoms with Crippen LogP contribution in [0, 0.1) is 0 Å². The molecule has 0 radical (unpaired) electrons. The van der Waals surface area contributed by atoms with Crippen molar-refractivity contribution in [3.05, 3.63) is 27.7 Å². The minimum atomic E-state index is -4.65. The lowest BCUT2D eigenvalue weighted by Crippen LogP contribution is -2.16. The van der Waals surface area contributed by atoms with E-state index in [2.05, 4.69) is 20.7 Å². The number of phenols is 1. The summed E-state index contributed by atoms with van der Waals surface area (Å²) in [6.45, 7) is 1.50. The van der Waals surface area contributed by atoms with Crippen LogP contribution in [0.3, 0.4) is 0 Å². The minimum absolute atomic E-state index is 0.00505. The fraction of sp³-hybridized carbons (Fsp3) is 0.364. The van der Waals surface area contributed by atoms with Gasteiger partial charge >= 0.3 is 12.1 Å². The second kappa shape index (κ2) is 5.79. The van der Waals surface area contributed by atoms with Gasteiger partial charge in [-0.1, -0.05) is 15.9 Å². The first kappa shape index (κ1) is 15.8. The maximum absolute atomic E-state index is 12.5. The molecule has 0 spiro atoms. The second-order valence-corrected chi connectivity index (χ2v) is 4.40. The molecule has 4 nitrogen and oxygen atoms in total. The van der Waals surface area contributed by atoms with Gasteiger partial charge in [0.2, 0.25) is 0 Å². The third-order valence-electron chi connectivity index (χ3n) is 2.22. The Hall–Kier alpha value is -1.28. The number of carbonyl (C=O) groups is 1. The molecule has 1 atom stereocenters. The summed E-state index contributed by atoms with van der Waals surface area (Å²) in [5, 5.41) is 19.2. The van der Waals surface area contributed by atoms with Crippen molar-refractivity contribution in [2.24, 2.45) is 0 Å². The summed E-state index contributed by atoms with van der Waals surface area (Å²) in [5.41, 5.74) is -1.47. The average molecular weight is 343 g/mol. The van der Waals surface area contributed by atoms with Crippen molar-refractivity contribution in [1.29, 1.82) is 0 Å². The highest BCUT2D eigenvalue weighted by molar-refractivity contribution is 9.10. The molecule has 0 saturated carbocycles. The van der Waals surface area contributed by atoms with E-state index in [4.69, 9.17) is 0 Å². The normalized spacial score (nSPS) is 13.2. The van der Waals surface area contributed by atoms with E-state index in [1.54, 1.807) is 0 Å². The van der Waals surface area contributed by atoms with Crippen LogP contribution in [0.4, 0.5) is 13.2 Å². The van der Waals surface area contributed by atoms with Gasteiger partial charge in [0.15, 0.2) is 6.10 Å². The lowest BCUT2D eigenvalue weighted by molar-refractivity contribution is -0.153. The Bertz CT molecular complexity index is 464. The number of aliphatic hydroxyl groups excluding tert-OH is 1. The molecule has 0 heterocycles. The van der Waals surface area contributed by atoms with Gasteiger partial charge in [-0.15, -0.1) is 0 Å². The first-order valence-electron chi connectivity index (χ1n) is 5.12. The summed E-state index contributed by atoms with van der Waals surface area (Å²) >= 11 is 2.78. The molecular weight excluding hydrogens is 333 g/mol. The fourth-order valence-corrected chi connectivity index (χ4v) is 2.04. The third-order valence-corrected chi connectivity index (χ3v) is 2.87. The van der Waals surface area contributed by atoms with Crippen LogP contribution in [-0.4, -0.2) is 22.8 Å². The lowest BCUT2D eigenvalue weighted by Gasteiger charge is -2.15. The Morgan fingerprint density at radius 3 is 2.47 bits per heavy atom. The zero-order valence-corrected chi connectivity index (χ0v) is 11.2. The van der Waals surface area contributed by atoms with E-state index in [0.717, 1.165) is 0 Å². The smallest absolute Gasteiger partial charge is 0.416 e. The van der Waals surface area contributed by atoms with E-state index in [9.17, 15) is 28.2 Å². The molecule has 1 unspecified atom stereocenters. The fourth-order valence-electron chi connectivity index (χ4n) is 1.38. The maximum Gasteiger partial charge on any atom is 0.416 e. The van der Waals surface area contributed by atoms with Gasteiger partial charge in [-0.25, -0.2) is 4.79 Å². The second-order valence-electron chi connectivity index (χ2n) is 3.54. The zero-order valence-electron chi connectivity index (χ0n) is 9.66. The van der Waals surface area contributed by atoms with Crippen LogP contribution in [0.15, 0.2) is 16.6 Å². The Labute approximate surface area is 114 Å². The van der Waals surface area contributed by atoms with Crippen LogP contribution in [0.5, 0.6) is 5.75 Å². The van der Waals surface area contributed by atoms with Crippen LogP contribution in [-0.2, 0) is 15.7 Å². The predicted octanol–water partition coefficient (Wildman–Crippen LogP) is 2.77. The molecule has 1 aromatic rings. The molecule has 0 amide bonds. The predicted molar refractivity (Wildman–Crippen MR) is 62.4 cm³/mol. The topological polar surface area (TPSA) is 66.8 Å². The van der Waals surface area contributed by atoms with Crippen molar-refractivity contribution >= 4 is 21.9 Å². The van der Waals surface area contributed by atoms with Gasteiger partial charge in [0.25, 0.3) is 0 Å². The molecule has 0 aliphatic rings. The molecule has 0 bridgehead atoms. The Balaban J connectivity index is 3.21. The summed E-state index contributed by atoms with van der Waals surface area (Å²) in [7, 11) is 0. The standard InChI is InChI=1S/C11H10BrF3O4/c1-2-19-10(18)9(17)8-6(12)3-5(4-7(8)16)11(13,14)15/h3-4,9,16-17H,2H2,1H3. The third kappa shape index (κ3) is 3.60. The summed E-state index contributed by atoms with van der Waals surface area (Å²) in [4.78, 5) is 11.3. The van der Waals surface area contributed by atoms with Crippen molar-refractivity contribution in [2.75, 3.05) is 6.61 Å². The molecule has 19 heavy (non-hydrogen) atoms. The summed E-state index contributed by atoms with van der Waals surface area (Å²) in [6, 6.07) is 1.10. The van der Waals surface area contributed by atoms with Crippen LogP contribution >= 0.6 is 15.9 Å². The number of benzene rings is 1. The summed E-state index contributed by atoms with van der Waals surface area (Å²) in [5.74, 6) is -1.90. The number of carbonyl (C=O) groups excluding carboxylic acids is 1. The number of alkyl halides is 3. The molecule has 0 aromatic heterocycles. The van der Waals surface area contributed by atoms with E-state index >= 15 is 0 Å². The molecule has 106 valence electrons. The van der Waals surface area contributed by atoms with Crippen molar-refractivity contribution in [3.8, 4) is 5.75 Å². The van der Waals surface area contributed by atoms with Crippen LogP contribution in [0.1, 0.15) is 24.2 Å². The van der Waals surface area contributed by atoms with Gasteiger partial charge in [-0.3, -0.25) is 0 Å². The van der Waals surface area contributed by atoms with Gasteiger partial charge in [-0.05, 0) is 19.1 Å². The first-order chi connectivity index (χ1) is 8.68. The number of aliphatic hydroxyl groups is 1. The molecular formula is C11H10BrF3O4. The minimum Gasteiger partial charge on any atom is -0.507 e. The lowest BCUT2D eigenvalue weighted by atomic mass is 10.1. The number of hydrogen-bond donors (Lipinski definition) is 2. The molecule has 0 fully saturated rings. The largest absolute Gasteiger partial charge is 0.507 e. The van der Waals surface area contributed by atoms with E-state index in [0.29, 0.717) is 12.1 Å². The quantitative estimate of drug-likeness (QED) is 0.829. The molecule has 2 N–H and O–H groups in total. The van der Waals surface area contributed by atoms with Crippen molar-refractivity contribution in [3.63, 3.8) is 0 Å². The van der Waals surface area contributed by atoms with Crippen LogP contribution in [0.25, 0.3) is 0 Å². The Kier molecular flexibility index (Phi) is 4.81. The molecule has 0 saturated heterocycles. The van der Waals surface area contributed by atoms with Crippen LogP contribution in [0.2, 0.25) is 0 Å². The highest BCUT2D eigenvalue weighted by Crippen LogP contribution is 2.39. The Morgan fingerprint density at radius 1 is 1.47 bits per heavy atom. The molecule has 1 rings (SSSR count). The monoisotopic (exact) mass is 342 g/mol. The molecule has 1 aromatic carbocycles. The number of esters is 1. The number of aromatic hydroxyl groups is 1. The number of ether oxygens (including phenoxy) is 1. The molecule has 0 aliphatic carbocycles. The zero-order chi connectivity index (χ0) is 14.8. The van der Waals surface area contributed by atoms with Crippen molar-refractivity contribution < 1.29 is 32.9 Å². The molecule has 8 heteroatoms. The van der Waals surface area contributed by atoms with Crippen LogP contribution < -0.4 is 0 Å². The van der Waals surface area contributed by atoms with E-state index in [1.165, 1.54) is 6.92 Å². The Morgan fingerprint density at radius 2 is 2.05 bits per heavy atom. The van der Waals surface area contributed by atoms with E-state index in [-0.39, 0.29) is 16.6 Å². The summed E-state index contributed by atoms with van der Waals surface area (Å²) < 4.78 is 41.7. The van der Waals surface area contributed by atoms with E-state index in [1.807, 2.05) is 0 Å². The van der Waals surface area contributed by atoms with Gasteiger partial charge < -0.3 is 14.9 Å². The van der Waals surface area contributed by atoms with Gasteiger partial charge in [0.1, 0.15) is 5.75 Å². The van der Waals surface area contributed by atoms with Gasteiger partial charge in [-0.2, -0.15) is 13.2 Å². The van der Waals surface area contributed by atoms with Gasteiger partial charge in [0.05, 0.1) is 12.2 Å². The number of hydrogen-bond acceptors (Lipinski definition) is 4. The van der Waals surface area contributed by atoms with Crippen molar-refractivity contribution in [2.45, 2.75) is 19.2 Å². The maximum atomic E-state index is 12.5. The highest BCUT2D eigenvalue weighted by atomic mass is 79.9. The average Bonchev–Trinajstić information content (AvgIpc) is 2.26. The number of rotatable bonds is 3. The summed E-state index contributed by atoms with van der Waals surface area (Å²) in [6.07, 6.45) is -6.51. The van der Waals surface area contributed by atoms with Gasteiger partial charge in [0, 0.05) is 10.0 Å². The number of phenolic OH excluding ortho intramolecular Hbond substituents is 1. The molecule has 0 aliphatic heterocycles. The first-order valence-corrected chi connectivity index (χ1v) is 5.92. The SMILES string of the molecule is CCOC(=O)C(O)c1c(O)cc(C(F)(F)F)cc1Br. The number of halogens is 4. The van der Waals surface area contributed by atoms with E-state index < -0.39 is 29.6 Å².